The van der Waals surface area contributed by atoms with Crippen molar-refractivity contribution in [1.29, 1.82) is 0 Å². The van der Waals surface area contributed by atoms with Gasteiger partial charge in [0.05, 0.1) is 12.4 Å². The number of oxime groups is 1. The van der Waals surface area contributed by atoms with E-state index in [0.717, 1.165) is 12.4 Å². The van der Waals surface area contributed by atoms with E-state index in [2.05, 4.69) is 15.1 Å². The summed E-state index contributed by atoms with van der Waals surface area (Å²) in [6.45, 7) is 0. The molecule has 0 aliphatic rings. The third-order valence-electron chi connectivity index (χ3n) is 0.893. The Hall–Kier alpha value is -1.23. The van der Waals surface area contributed by atoms with Gasteiger partial charge in [-0.25, -0.2) is 14.4 Å². The van der Waals surface area contributed by atoms with Gasteiger partial charge >= 0.3 is 0 Å². The highest BCUT2D eigenvalue weighted by Gasteiger charge is 2.02. The molecule has 1 rings (SSSR count). The van der Waals surface area contributed by atoms with Crippen molar-refractivity contribution in [1.82, 2.24) is 9.97 Å². The van der Waals surface area contributed by atoms with Gasteiger partial charge in [-0.15, -0.1) is 0 Å². The van der Waals surface area contributed by atoms with E-state index in [0.29, 0.717) is 0 Å². The van der Waals surface area contributed by atoms with Crippen molar-refractivity contribution in [3.05, 3.63) is 24.0 Å². The van der Waals surface area contributed by atoms with Gasteiger partial charge in [0.2, 0.25) is 5.17 Å². The molecule has 4 nitrogen and oxygen atoms in total. The molecule has 0 aromatic carbocycles. The van der Waals surface area contributed by atoms with Gasteiger partial charge in [0, 0.05) is 0 Å². The van der Waals surface area contributed by atoms with Crippen LogP contribution < -0.4 is 0 Å². The maximum atomic E-state index is 12.2. The summed E-state index contributed by atoms with van der Waals surface area (Å²) < 4.78 is 12.2. The summed E-state index contributed by atoms with van der Waals surface area (Å²) in [7, 11) is 0. The lowest BCUT2D eigenvalue weighted by Gasteiger charge is -1.91. The van der Waals surface area contributed by atoms with Crippen LogP contribution in [0.2, 0.25) is 0 Å². The summed E-state index contributed by atoms with van der Waals surface area (Å²) in [6.07, 6.45) is 1.85. The zero-order chi connectivity index (χ0) is 8.27. The van der Waals surface area contributed by atoms with Crippen LogP contribution >= 0.6 is 11.6 Å². The molecule has 11 heavy (non-hydrogen) atoms. The first-order valence-corrected chi connectivity index (χ1v) is 2.97. The van der Waals surface area contributed by atoms with Crippen LogP contribution in [-0.2, 0) is 0 Å². The number of rotatable bonds is 1. The first kappa shape index (κ1) is 7.87. The quantitative estimate of drug-likeness (QED) is 0.393. The van der Waals surface area contributed by atoms with E-state index in [1.807, 2.05) is 0 Å². The van der Waals surface area contributed by atoms with Crippen molar-refractivity contribution < 1.29 is 9.60 Å². The molecule has 0 amide bonds. The molecule has 1 aromatic heterocycles. The summed E-state index contributed by atoms with van der Waals surface area (Å²) in [5.41, 5.74) is 0. The molecule has 0 radical (unpaired) electrons. The minimum Gasteiger partial charge on any atom is -0.410 e. The van der Waals surface area contributed by atoms with Gasteiger partial charge in [0.1, 0.15) is 0 Å². The standard InChI is InChI=1S/C5H3ClFN3O/c6-4(10-11)5-8-1-3(7)2-9-5/h1-2,11H/b10-4+. The molecule has 0 bridgehead atoms. The Morgan fingerprint density at radius 2 is 2.09 bits per heavy atom. The van der Waals surface area contributed by atoms with Crippen molar-refractivity contribution >= 4 is 16.8 Å². The van der Waals surface area contributed by atoms with Crippen LogP contribution in [-0.4, -0.2) is 20.3 Å². The van der Waals surface area contributed by atoms with Gasteiger partial charge in [-0.3, -0.25) is 0 Å². The van der Waals surface area contributed by atoms with Crippen LogP contribution in [0.1, 0.15) is 5.82 Å². The first-order chi connectivity index (χ1) is 5.24. The van der Waals surface area contributed by atoms with Crippen LogP contribution in [0.25, 0.3) is 0 Å². The summed E-state index contributed by atoms with van der Waals surface area (Å²) in [5.74, 6) is -0.591. The van der Waals surface area contributed by atoms with Gasteiger partial charge in [-0.05, 0) is 0 Å². The van der Waals surface area contributed by atoms with Crippen molar-refractivity contribution in [3.63, 3.8) is 0 Å². The molecule has 0 unspecified atom stereocenters. The third-order valence-corrected chi connectivity index (χ3v) is 1.14. The second kappa shape index (κ2) is 3.25. The first-order valence-electron chi connectivity index (χ1n) is 2.59. The molecule has 0 aliphatic carbocycles. The largest absolute Gasteiger partial charge is 0.410 e. The monoisotopic (exact) mass is 175 g/mol. The maximum absolute atomic E-state index is 12.2. The lowest BCUT2D eigenvalue weighted by Crippen LogP contribution is -1.99. The van der Waals surface area contributed by atoms with Gasteiger partial charge < -0.3 is 5.21 Å². The molecule has 0 atom stereocenters. The molecule has 58 valence electrons. The minimum absolute atomic E-state index is 0.0180. The Kier molecular flexibility index (Phi) is 2.32. The fraction of sp³-hybridized carbons (Fsp3) is 0. The average Bonchev–Trinajstić information content (AvgIpc) is 2.05. The minimum atomic E-state index is -0.573. The Morgan fingerprint density at radius 1 is 1.55 bits per heavy atom. The van der Waals surface area contributed by atoms with Crippen LogP contribution in [0, 0.1) is 5.82 Å². The Morgan fingerprint density at radius 3 is 2.55 bits per heavy atom. The molecule has 0 saturated heterocycles. The summed E-state index contributed by atoms with van der Waals surface area (Å²) in [5, 5.41) is 10.5. The lowest BCUT2D eigenvalue weighted by molar-refractivity contribution is 0.320. The van der Waals surface area contributed by atoms with Gasteiger partial charge in [-0.2, -0.15) is 0 Å². The van der Waals surface area contributed by atoms with E-state index in [9.17, 15) is 4.39 Å². The van der Waals surface area contributed by atoms with Gasteiger partial charge in [0.25, 0.3) is 0 Å². The third kappa shape index (κ3) is 1.84. The molecule has 0 fully saturated rings. The van der Waals surface area contributed by atoms with Gasteiger partial charge in [-0.1, -0.05) is 16.8 Å². The predicted molar refractivity (Wildman–Crippen MR) is 36.2 cm³/mol. The van der Waals surface area contributed by atoms with Crippen LogP contribution in [0.5, 0.6) is 0 Å². The Balaban J connectivity index is 2.99. The summed E-state index contributed by atoms with van der Waals surface area (Å²) >= 11 is 5.30. The van der Waals surface area contributed by atoms with Crippen molar-refractivity contribution in [2.24, 2.45) is 5.16 Å². The topological polar surface area (TPSA) is 58.4 Å². The molecule has 1 aromatic rings. The SMILES string of the molecule is O/N=C(/Cl)c1ncc(F)cn1. The normalized spacial score (nSPS) is 11.6. The highest BCUT2D eigenvalue weighted by atomic mass is 35.5. The summed E-state index contributed by atoms with van der Waals surface area (Å²) in [4.78, 5) is 6.88. The van der Waals surface area contributed by atoms with Gasteiger partial charge in [0.15, 0.2) is 11.6 Å². The molecular formula is C5H3ClFN3O. The predicted octanol–water partition coefficient (Wildman–Crippen LogP) is 0.990. The van der Waals surface area contributed by atoms with Crippen LogP contribution in [0.4, 0.5) is 4.39 Å². The fourth-order valence-corrected chi connectivity index (χ4v) is 0.561. The van der Waals surface area contributed by atoms with Crippen molar-refractivity contribution in [2.45, 2.75) is 0 Å². The maximum Gasteiger partial charge on any atom is 0.212 e. The van der Waals surface area contributed by atoms with E-state index in [4.69, 9.17) is 16.8 Å². The fourth-order valence-electron chi connectivity index (χ4n) is 0.464. The zero-order valence-corrected chi connectivity index (χ0v) is 5.96. The molecular weight excluding hydrogens is 173 g/mol. The highest BCUT2D eigenvalue weighted by molar-refractivity contribution is 6.68. The second-order valence-electron chi connectivity index (χ2n) is 1.62. The Bertz CT molecular complexity index is 274. The van der Waals surface area contributed by atoms with E-state index in [1.54, 1.807) is 0 Å². The number of hydrogen-bond acceptors (Lipinski definition) is 4. The van der Waals surface area contributed by atoms with Crippen molar-refractivity contribution in [3.8, 4) is 0 Å². The van der Waals surface area contributed by atoms with Crippen molar-refractivity contribution in [2.75, 3.05) is 0 Å². The molecule has 1 N–H and O–H groups in total. The van der Waals surface area contributed by atoms with E-state index < -0.39 is 5.82 Å². The van der Waals surface area contributed by atoms with E-state index >= 15 is 0 Å². The average molecular weight is 176 g/mol. The zero-order valence-electron chi connectivity index (χ0n) is 5.20. The lowest BCUT2D eigenvalue weighted by atomic mass is 10.6. The second-order valence-corrected chi connectivity index (χ2v) is 1.97. The highest BCUT2D eigenvalue weighted by Crippen LogP contribution is 1.97. The van der Waals surface area contributed by atoms with E-state index in [-0.39, 0.29) is 11.0 Å². The van der Waals surface area contributed by atoms with Crippen LogP contribution in [0.15, 0.2) is 17.5 Å². The molecule has 0 aliphatic heterocycles. The molecule has 0 spiro atoms. The Labute approximate surface area is 66.3 Å². The van der Waals surface area contributed by atoms with E-state index in [1.165, 1.54) is 0 Å². The molecule has 1 heterocycles. The smallest absolute Gasteiger partial charge is 0.212 e. The number of hydrogen-bond donors (Lipinski definition) is 1. The number of nitrogens with zero attached hydrogens (tertiary/aromatic N) is 3. The number of halogens is 2. The number of aromatic nitrogens is 2. The van der Waals surface area contributed by atoms with Crippen LogP contribution in [0.3, 0.4) is 0 Å². The molecule has 0 saturated carbocycles. The molecule has 6 heteroatoms. The summed E-state index contributed by atoms with van der Waals surface area (Å²) in [6, 6.07) is 0.